The number of amides is 1. The molecule has 0 aliphatic carbocycles. The Kier molecular flexibility index (Phi) is 8.86. The molecule has 0 aliphatic heterocycles. The van der Waals surface area contributed by atoms with Crippen LogP contribution >= 0.6 is 11.6 Å². The van der Waals surface area contributed by atoms with E-state index in [-0.39, 0.29) is 23.8 Å². The van der Waals surface area contributed by atoms with Gasteiger partial charge in [0.25, 0.3) is 5.91 Å². The number of esters is 1. The van der Waals surface area contributed by atoms with Crippen molar-refractivity contribution in [3.8, 4) is 17.2 Å². The number of nitrogens with one attached hydrogen (secondary N) is 1. The summed E-state index contributed by atoms with van der Waals surface area (Å²) in [5, 5.41) is 4.26. The smallest absolute Gasteiger partial charge is 0.345 e. The highest BCUT2D eigenvalue weighted by atomic mass is 35.5. The van der Waals surface area contributed by atoms with Gasteiger partial charge in [0.15, 0.2) is 18.1 Å². The Bertz CT molecular complexity index is 1240. The predicted octanol–water partition coefficient (Wildman–Crippen LogP) is 5.53. The van der Waals surface area contributed by atoms with Gasteiger partial charge in [0.05, 0.1) is 23.9 Å². The number of aryl methyl sites for hydroxylation is 1. The highest BCUT2D eigenvalue weighted by Crippen LogP contribution is 2.29. The van der Waals surface area contributed by atoms with E-state index in [4.69, 9.17) is 25.8 Å². The molecular weight excluding hydrogens is 468 g/mol. The molecule has 0 saturated carbocycles. The third kappa shape index (κ3) is 7.07. The van der Waals surface area contributed by atoms with E-state index < -0.39 is 11.9 Å². The number of benzene rings is 3. The zero-order valence-corrected chi connectivity index (χ0v) is 20.8. The van der Waals surface area contributed by atoms with E-state index in [0.29, 0.717) is 22.1 Å². The average molecular weight is 495 g/mol. The van der Waals surface area contributed by atoms with Gasteiger partial charge in [0, 0.05) is 0 Å². The molecule has 3 aromatic carbocycles. The van der Waals surface area contributed by atoms with Crippen molar-refractivity contribution in [3.63, 3.8) is 0 Å². The third-order valence-electron chi connectivity index (χ3n) is 5.04. The zero-order valence-electron chi connectivity index (χ0n) is 20.0. The van der Waals surface area contributed by atoms with E-state index in [1.165, 1.54) is 13.3 Å². The second-order valence-electron chi connectivity index (χ2n) is 8.06. The Balaban J connectivity index is 1.59. The van der Waals surface area contributed by atoms with Crippen LogP contribution in [0.5, 0.6) is 17.2 Å². The van der Waals surface area contributed by atoms with Crippen LogP contribution in [0, 0.1) is 6.92 Å². The summed E-state index contributed by atoms with van der Waals surface area (Å²) < 4.78 is 16.5. The van der Waals surface area contributed by atoms with Crippen molar-refractivity contribution in [3.05, 3.63) is 87.9 Å². The number of halogens is 1. The van der Waals surface area contributed by atoms with Gasteiger partial charge in [-0.05, 0) is 65.9 Å². The minimum absolute atomic E-state index is 0.166. The van der Waals surface area contributed by atoms with Crippen molar-refractivity contribution >= 4 is 29.7 Å². The second kappa shape index (κ2) is 12.0. The Morgan fingerprint density at radius 1 is 1.03 bits per heavy atom. The van der Waals surface area contributed by atoms with Gasteiger partial charge in [0.1, 0.15) is 5.75 Å². The first-order valence-electron chi connectivity index (χ1n) is 11.0. The maximum atomic E-state index is 12.4. The number of hydrazone groups is 1. The standard InChI is InChI=1S/C27H27ClN2O5/c1-17(2)20-11-9-18(3)13-24(20)34-16-26(31)30-29-15-19-10-12-23(25(14-19)33-4)35-27(32)21-7-5-6-8-22(21)28/h5-15,17H,16H2,1-4H3,(H,30,31)/b29-15+. The van der Waals surface area contributed by atoms with Crippen molar-refractivity contribution in [1.82, 2.24) is 5.43 Å². The zero-order chi connectivity index (χ0) is 25.4. The number of methoxy groups -OCH3 is 1. The van der Waals surface area contributed by atoms with Crippen LogP contribution in [-0.2, 0) is 4.79 Å². The molecule has 0 saturated heterocycles. The molecule has 35 heavy (non-hydrogen) atoms. The summed E-state index contributed by atoms with van der Waals surface area (Å²) in [5.41, 5.74) is 5.41. The van der Waals surface area contributed by atoms with Crippen LogP contribution in [0.15, 0.2) is 65.8 Å². The minimum atomic E-state index is -0.600. The van der Waals surface area contributed by atoms with E-state index >= 15 is 0 Å². The van der Waals surface area contributed by atoms with Gasteiger partial charge in [0.2, 0.25) is 0 Å². The first-order chi connectivity index (χ1) is 16.8. The molecule has 0 fully saturated rings. The molecule has 0 radical (unpaired) electrons. The van der Waals surface area contributed by atoms with Gasteiger partial charge in [-0.25, -0.2) is 10.2 Å². The fraction of sp³-hybridized carbons (Fsp3) is 0.222. The van der Waals surface area contributed by atoms with E-state index in [0.717, 1.165) is 11.1 Å². The van der Waals surface area contributed by atoms with Gasteiger partial charge < -0.3 is 14.2 Å². The Hall–Kier alpha value is -3.84. The summed E-state index contributed by atoms with van der Waals surface area (Å²) in [6, 6.07) is 17.4. The number of ether oxygens (including phenoxy) is 3. The number of carbonyl (C=O) groups is 2. The SMILES string of the molecule is COc1cc(/C=N/NC(=O)COc2cc(C)ccc2C(C)C)ccc1OC(=O)c1ccccc1Cl. The largest absolute Gasteiger partial charge is 0.493 e. The lowest BCUT2D eigenvalue weighted by molar-refractivity contribution is -0.123. The molecule has 0 aromatic heterocycles. The number of carbonyl (C=O) groups excluding carboxylic acids is 2. The summed E-state index contributed by atoms with van der Waals surface area (Å²) >= 11 is 6.06. The quantitative estimate of drug-likeness (QED) is 0.183. The lowest BCUT2D eigenvalue weighted by Gasteiger charge is -2.14. The van der Waals surface area contributed by atoms with Crippen LogP contribution in [0.25, 0.3) is 0 Å². The van der Waals surface area contributed by atoms with Gasteiger partial charge in [-0.1, -0.05) is 49.7 Å². The normalized spacial score (nSPS) is 10.9. The molecule has 0 spiro atoms. The molecule has 0 atom stereocenters. The van der Waals surface area contributed by atoms with E-state index in [9.17, 15) is 9.59 Å². The van der Waals surface area contributed by atoms with E-state index in [1.807, 2.05) is 25.1 Å². The molecule has 182 valence electrons. The number of hydrogen-bond acceptors (Lipinski definition) is 6. The molecule has 7 nitrogen and oxygen atoms in total. The molecule has 8 heteroatoms. The second-order valence-corrected chi connectivity index (χ2v) is 8.46. The van der Waals surface area contributed by atoms with E-state index in [2.05, 4.69) is 24.4 Å². The molecular formula is C27H27ClN2O5. The first-order valence-corrected chi connectivity index (χ1v) is 11.4. The Labute approximate surface area is 209 Å². The minimum Gasteiger partial charge on any atom is -0.493 e. The van der Waals surface area contributed by atoms with Crippen LogP contribution in [0.1, 0.15) is 46.8 Å². The molecule has 3 rings (SSSR count). The predicted molar refractivity (Wildman–Crippen MR) is 136 cm³/mol. The maximum absolute atomic E-state index is 12.4. The fourth-order valence-electron chi connectivity index (χ4n) is 3.23. The highest BCUT2D eigenvalue weighted by Gasteiger charge is 2.15. The Morgan fingerprint density at radius 3 is 2.51 bits per heavy atom. The summed E-state index contributed by atoms with van der Waals surface area (Å²) in [5.74, 6) is 0.515. The maximum Gasteiger partial charge on any atom is 0.345 e. The molecule has 0 unspecified atom stereocenters. The fourth-order valence-corrected chi connectivity index (χ4v) is 3.44. The first kappa shape index (κ1) is 25.8. The van der Waals surface area contributed by atoms with Gasteiger partial charge >= 0.3 is 5.97 Å². The number of rotatable bonds is 9. The lowest BCUT2D eigenvalue weighted by Crippen LogP contribution is -2.25. The van der Waals surface area contributed by atoms with Crippen LogP contribution in [0.2, 0.25) is 5.02 Å². The molecule has 1 amide bonds. The number of nitrogens with zero attached hydrogens (tertiary/aromatic N) is 1. The summed E-state index contributed by atoms with van der Waals surface area (Å²) in [4.78, 5) is 24.6. The van der Waals surface area contributed by atoms with Crippen molar-refractivity contribution < 1.29 is 23.8 Å². The molecule has 0 heterocycles. The lowest BCUT2D eigenvalue weighted by atomic mass is 10.0. The molecule has 0 bridgehead atoms. The van der Waals surface area contributed by atoms with Crippen molar-refractivity contribution in [1.29, 1.82) is 0 Å². The molecule has 0 aliphatic rings. The third-order valence-corrected chi connectivity index (χ3v) is 5.37. The van der Waals surface area contributed by atoms with Crippen LogP contribution < -0.4 is 19.6 Å². The number of hydrogen-bond donors (Lipinski definition) is 1. The van der Waals surface area contributed by atoms with Crippen LogP contribution in [-0.4, -0.2) is 31.8 Å². The van der Waals surface area contributed by atoms with Crippen LogP contribution in [0.4, 0.5) is 0 Å². The average Bonchev–Trinajstić information content (AvgIpc) is 2.83. The summed E-state index contributed by atoms with van der Waals surface area (Å²) in [6.45, 7) is 5.94. The summed E-state index contributed by atoms with van der Waals surface area (Å²) in [6.07, 6.45) is 1.45. The van der Waals surface area contributed by atoms with Crippen molar-refractivity contribution in [2.75, 3.05) is 13.7 Å². The van der Waals surface area contributed by atoms with Crippen molar-refractivity contribution in [2.45, 2.75) is 26.7 Å². The van der Waals surface area contributed by atoms with Crippen LogP contribution in [0.3, 0.4) is 0 Å². The monoisotopic (exact) mass is 494 g/mol. The highest BCUT2D eigenvalue weighted by molar-refractivity contribution is 6.33. The van der Waals surface area contributed by atoms with Gasteiger partial charge in [-0.15, -0.1) is 0 Å². The molecule has 1 N–H and O–H groups in total. The van der Waals surface area contributed by atoms with Gasteiger partial charge in [-0.2, -0.15) is 5.10 Å². The Morgan fingerprint density at radius 2 is 1.80 bits per heavy atom. The molecule has 3 aromatic rings. The summed E-state index contributed by atoms with van der Waals surface area (Å²) in [7, 11) is 1.46. The van der Waals surface area contributed by atoms with Crippen molar-refractivity contribution in [2.24, 2.45) is 5.10 Å². The topological polar surface area (TPSA) is 86.2 Å². The van der Waals surface area contributed by atoms with E-state index in [1.54, 1.807) is 42.5 Å². The van der Waals surface area contributed by atoms with Gasteiger partial charge in [-0.3, -0.25) is 4.79 Å².